The number of nitrogens with two attached hydrogens (primary N) is 1. The van der Waals surface area contributed by atoms with Gasteiger partial charge in [-0.25, -0.2) is 4.98 Å². The molecule has 3 rings (SSSR count). The van der Waals surface area contributed by atoms with Crippen molar-refractivity contribution in [2.24, 2.45) is 5.92 Å². The Hall–Kier alpha value is -2.67. The third-order valence-corrected chi connectivity index (χ3v) is 5.37. The van der Waals surface area contributed by atoms with Crippen LogP contribution >= 0.6 is 11.6 Å². The minimum absolute atomic E-state index is 0.0950. The van der Waals surface area contributed by atoms with Crippen molar-refractivity contribution in [1.29, 1.82) is 0 Å². The number of carbonyl (C=O) groups is 1. The summed E-state index contributed by atoms with van der Waals surface area (Å²) in [6.45, 7) is 0. The number of hydrogen-bond donors (Lipinski definition) is 1. The second-order valence-corrected chi connectivity index (χ2v) is 7.25. The number of rotatable bonds is 5. The number of amides is 1. The van der Waals surface area contributed by atoms with Crippen molar-refractivity contribution < 1.29 is 9.72 Å². The first kappa shape index (κ1) is 19.1. The van der Waals surface area contributed by atoms with Gasteiger partial charge >= 0.3 is 5.69 Å². The van der Waals surface area contributed by atoms with Gasteiger partial charge < -0.3 is 10.6 Å². The van der Waals surface area contributed by atoms with E-state index >= 15 is 0 Å². The summed E-state index contributed by atoms with van der Waals surface area (Å²) in [6, 6.07) is 9.96. The van der Waals surface area contributed by atoms with Crippen molar-refractivity contribution in [3.8, 4) is 0 Å². The van der Waals surface area contributed by atoms with Gasteiger partial charge in [0, 0.05) is 18.1 Å². The third-order valence-electron chi connectivity index (χ3n) is 5.11. The SMILES string of the molecule is CN(C(=O)c1ccc([N+](=O)[O-])c(N)n1)C(c1ccc(Cl)cc1)C1CCCC1. The fraction of sp³-hybridized carbons (Fsp3) is 0.368. The Kier molecular flexibility index (Phi) is 5.60. The molecule has 1 heterocycles. The van der Waals surface area contributed by atoms with Crippen LogP contribution in [0.4, 0.5) is 11.5 Å². The normalized spacial score (nSPS) is 15.5. The van der Waals surface area contributed by atoms with Crippen molar-refractivity contribution in [3.63, 3.8) is 0 Å². The highest BCUT2D eigenvalue weighted by Crippen LogP contribution is 2.39. The summed E-state index contributed by atoms with van der Waals surface area (Å²) in [7, 11) is 1.74. The molecule has 27 heavy (non-hydrogen) atoms. The molecule has 0 aliphatic heterocycles. The van der Waals surface area contributed by atoms with Crippen LogP contribution in [-0.2, 0) is 0 Å². The van der Waals surface area contributed by atoms with E-state index in [1.165, 1.54) is 12.1 Å². The molecule has 0 radical (unpaired) electrons. The van der Waals surface area contributed by atoms with E-state index in [1.807, 2.05) is 24.3 Å². The predicted molar refractivity (Wildman–Crippen MR) is 104 cm³/mol. The number of benzene rings is 1. The van der Waals surface area contributed by atoms with E-state index in [4.69, 9.17) is 17.3 Å². The van der Waals surface area contributed by atoms with Crippen LogP contribution in [0, 0.1) is 16.0 Å². The Labute approximate surface area is 162 Å². The van der Waals surface area contributed by atoms with Gasteiger partial charge in [0.05, 0.1) is 11.0 Å². The molecular weight excluding hydrogens is 368 g/mol. The second-order valence-electron chi connectivity index (χ2n) is 6.81. The first-order valence-electron chi connectivity index (χ1n) is 8.82. The number of halogens is 1. The van der Waals surface area contributed by atoms with Crippen molar-refractivity contribution in [3.05, 3.63) is 62.8 Å². The van der Waals surface area contributed by atoms with Gasteiger partial charge in [-0.3, -0.25) is 14.9 Å². The zero-order valence-electron chi connectivity index (χ0n) is 15.0. The average Bonchev–Trinajstić information content (AvgIpc) is 3.16. The van der Waals surface area contributed by atoms with E-state index in [-0.39, 0.29) is 29.1 Å². The fourth-order valence-corrected chi connectivity index (χ4v) is 3.92. The van der Waals surface area contributed by atoms with Crippen LogP contribution in [0.25, 0.3) is 0 Å². The lowest BCUT2D eigenvalue weighted by Gasteiger charge is -2.33. The summed E-state index contributed by atoms with van der Waals surface area (Å²) < 4.78 is 0. The molecule has 7 nitrogen and oxygen atoms in total. The molecule has 1 aromatic carbocycles. The Morgan fingerprint density at radius 1 is 1.26 bits per heavy atom. The Morgan fingerprint density at radius 2 is 1.89 bits per heavy atom. The maximum Gasteiger partial charge on any atom is 0.311 e. The maximum atomic E-state index is 13.0. The number of anilines is 1. The van der Waals surface area contributed by atoms with Gasteiger partial charge in [0.15, 0.2) is 0 Å². The molecule has 142 valence electrons. The van der Waals surface area contributed by atoms with Gasteiger partial charge in [0.1, 0.15) is 5.69 Å². The molecule has 1 aromatic heterocycles. The summed E-state index contributed by atoms with van der Waals surface area (Å²) in [6.07, 6.45) is 4.36. The molecule has 1 unspecified atom stereocenters. The average molecular weight is 389 g/mol. The molecule has 0 saturated heterocycles. The number of nitrogen functional groups attached to an aromatic ring is 1. The highest BCUT2D eigenvalue weighted by Gasteiger charge is 2.33. The molecular formula is C19H21ClN4O3. The van der Waals surface area contributed by atoms with Gasteiger partial charge in [-0.2, -0.15) is 0 Å². The highest BCUT2D eigenvalue weighted by molar-refractivity contribution is 6.30. The quantitative estimate of drug-likeness (QED) is 0.609. The summed E-state index contributed by atoms with van der Waals surface area (Å²) >= 11 is 6.01. The van der Waals surface area contributed by atoms with Crippen LogP contribution in [0.15, 0.2) is 36.4 Å². The van der Waals surface area contributed by atoms with Gasteiger partial charge in [-0.05, 0) is 42.5 Å². The van der Waals surface area contributed by atoms with E-state index in [0.717, 1.165) is 31.2 Å². The van der Waals surface area contributed by atoms with Crippen LogP contribution in [0.2, 0.25) is 5.02 Å². The Morgan fingerprint density at radius 3 is 2.44 bits per heavy atom. The number of hydrogen-bond acceptors (Lipinski definition) is 5. The lowest BCUT2D eigenvalue weighted by Crippen LogP contribution is -2.35. The van der Waals surface area contributed by atoms with Gasteiger partial charge in [-0.15, -0.1) is 0 Å². The predicted octanol–water partition coefficient (Wildman–Crippen LogP) is 4.23. The largest absolute Gasteiger partial charge is 0.378 e. The van der Waals surface area contributed by atoms with E-state index in [1.54, 1.807) is 11.9 Å². The van der Waals surface area contributed by atoms with Gasteiger partial charge in [0.2, 0.25) is 5.82 Å². The van der Waals surface area contributed by atoms with Crippen LogP contribution in [0.3, 0.4) is 0 Å². The number of pyridine rings is 1. The smallest absolute Gasteiger partial charge is 0.311 e. The minimum Gasteiger partial charge on any atom is -0.378 e. The standard InChI is InChI=1S/C19H21ClN4O3/c1-23(19(25)15-10-11-16(24(26)27)18(21)22-15)17(12-4-2-3-5-12)13-6-8-14(20)9-7-13/h6-12,17H,2-5H2,1H3,(H2,21,22). The molecule has 1 amide bonds. The van der Waals surface area contributed by atoms with Gasteiger partial charge in [-0.1, -0.05) is 36.6 Å². The summed E-state index contributed by atoms with van der Waals surface area (Å²) in [5, 5.41) is 11.6. The molecule has 0 spiro atoms. The fourth-order valence-electron chi connectivity index (χ4n) is 3.79. The van der Waals surface area contributed by atoms with E-state index < -0.39 is 4.92 Å². The Balaban J connectivity index is 1.92. The molecule has 2 aromatic rings. The zero-order valence-corrected chi connectivity index (χ0v) is 15.7. The second kappa shape index (κ2) is 7.92. The van der Waals surface area contributed by atoms with Crippen molar-refractivity contribution >= 4 is 29.0 Å². The van der Waals surface area contributed by atoms with Crippen LogP contribution in [0.1, 0.15) is 47.8 Å². The molecule has 1 aliphatic rings. The first-order chi connectivity index (χ1) is 12.9. The van der Waals surface area contributed by atoms with Crippen molar-refractivity contribution in [1.82, 2.24) is 9.88 Å². The number of nitrogens with zero attached hydrogens (tertiary/aromatic N) is 3. The van der Waals surface area contributed by atoms with Crippen molar-refractivity contribution in [2.75, 3.05) is 12.8 Å². The minimum atomic E-state index is -0.616. The molecule has 0 bridgehead atoms. The molecule has 2 N–H and O–H groups in total. The van der Waals surface area contributed by atoms with E-state index in [9.17, 15) is 14.9 Å². The maximum absolute atomic E-state index is 13.0. The monoisotopic (exact) mass is 388 g/mol. The topological polar surface area (TPSA) is 102 Å². The van der Waals surface area contributed by atoms with Gasteiger partial charge in [0.25, 0.3) is 5.91 Å². The first-order valence-corrected chi connectivity index (χ1v) is 9.20. The summed E-state index contributed by atoms with van der Waals surface area (Å²) in [5.74, 6) is -0.234. The number of nitro groups is 1. The molecule has 1 fully saturated rings. The molecule has 8 heteroatoms. The summed E-state index contributed by atoms with van der Waals surface area (Å²) in [5.41, 5.74) is 6.45. The van der Waals surface area contributed by atoms with Crippen LogP contribution in [0.5, 0.6) is 0 Å². The lowest BCUT2D eigenvalue weighted by molar-refractivity contribution is -0.384. The number of carbonyl (C=O) groups excluding carboxylic acids is 1. The lowest BCUT2D eigenvalue weighted by atomic mass is 9.90. The van der Waals surface area contributed by atoms with Crippen LogP contribution < -0.4 is 5.73 Å². The van der Waals surface area contributed by atoms with Crippen LogP contribution in [-0.4, -0.2) is 27.8 Å². The van der Waals surface area contributed by atoms with Crippen molar-refractivity contribution in [2.45, 2.75) is 31.7 Å². The molecule has 1 saturated carbocycles. The molecule has 1 aliphatic carbocycles. The molecule has 1 atom stereocenters. The van der Waals surface area contributed by atoms with E-state index in [2.05, 4.69) is 4.98 Å². The zero-order chi connectivity index (χ0) is 19.6. The third kappa shape index (κ3) is 4.03. The number of aromatic nitrogens is 1. The highest BCUT2D eigenvalue weighted by atomic mass is 35.5. The van der Waals surface area contributed by atoms with E-state index in [0.29, 0.717) is 10.9 Å². The Bertz CT molecular complexity index is 851. The summed E-state index contributed by atoms with van der Waals surface area (Å²) in [4.78, 5) is 28.9.